The lowest BCUT2D eigenvalue weighted by Gasteiger charge is -2.24. The van der Waals surface area contributed by atoms with Gasteiger partial charge in [0.1, 0.15) is 11.3 Å². The van der Waals surface area contributed by atoms with E-state index in [1.165, 1.54) is 12.4 Å². The third-order valence-corrected chi connectivity index (χ3v) is 4.47. The minimum atomic E-state index is -4.87. The second kappa shape index (κ2) is 5.76. The van der Waals surface area contributed by atoms with E-state index in [0.717, 1.165) is 4.90 Å². The van der Waals surface area contributed by atoms with Gasteiger partial charge in [-0.25, -0.2) is 4.79 Å². The van der Waals surface area contributed by atoms with Gasteiger partial charge in [-0.15, -0.1) is 3.89 Å². The summed E-state index contributed by atoms with van der Waals surface area (Å²) in [5, 5.41) is 7.75. The normalized spacial score (nSPS) is 20.5. The number of carbonyl (C=O) groups excluding carboxylic acids is 1. The first-order valence-corrected chi connectivity index (χ1v) is 7.58. The molecule has 114 valence electrons. The Labute approximate surface area is 120 Å². The van der Waals surface area contributed by atoms with E-state index in [0.29, 0.717) is 5.56 Å². The summed E-state index contributed by atoms with van der Waals surface area (Å²) < 4.78 is 34.7. The van der Waals surface area contributed by atoms with Crippen LogP contribution in [-0.4, -0.2) is 53.1 Å². The molecule has 1 N–H and O–H groups in total. The third kappa shape index (κ3) is 3.54. The standard InChI is InChI=1S/C12H13FN2O5S/c13-21(19,20)9-6-11(16)15(7-9)10(12(17)18)5-8-1-3-14-4-2-8/h1-4,9-10H,5-7H2,(H,17,18). The van der Waals surface area contributed by atoms with Crippen LogP contribution in [0.1, 0.15) is 12.0 Å². The number of carboxylic acid groups (broad SMARTS) is 1. The number of aliphatic carboxylic acids is 1. The highest BCUT2D eigenvalue weighted by atomic mass is 32.3. The molecule has 1 fully saturated rings. The number of hydrogen-bond acceptors (Lipinski definition) is 5. The number of aromatic nitrogens is 1. The first-order valence-electron chi connectivity index (χ1n) is 6.13. The molecule has 0 aromatic carbocycles. The summed E-state index contributed by atoms with van der Waals surface area (Å²) in [6, 6.07) is 1.96. The Morgan fingerprint density at radius 1 is 1.48 bits per heavy atom. The number of nitrogens with zero attached hydrogens (tertiary/aromatic N) is 2. The number of pyridine rings is 1. The van der Waals surface area contributed by atoms with Crippen molar-refractivity contribution in [3.8, 4) is 0 Å². The fraction of sp³-hybridized carbons (Fsp3) is 0.417. The Balaban J connectivity index is 2.20. The highest BCUT2D eigenvalue weighted by Gasteiger charge is 2.43. The molecule has 1 aromatic heterocycles. The van der Waals surface area contributed by atoms with Crippen molar-refractivity contribution in [2.45, 2.75) is 24.1 Å². The molecular formula is C12H13FN2O5S. The predicted octanol–water partition coefficient (Wildman–Crippen LogP) is -0.0225. The monoisotopic (exact) mass is 316 g/mol. The van der Waals surface area contributed by atoms with Crippen LogP contribution in [0.3, 0.4) is 0 Å². The van der Waals surface area contributed by atoms with E-state index in [1.807, 2.05) is 0 Å². The summed E-state index contributed by atoms with van der Waals surface area (Å²) in [7, 11) is -4.87. The van der Waals surface area contributed by atoms with Gasteiger partial charge in [0.15, 0.2) is 0 Å². The Morgan fingerprint density at radius 2 is 2.10 bits per heavy atom. The van der Waals surface area contributed by atoms with Gasteiger partial charge in [-0.2, -0.15) is 8.42 Å². The Morgan fingerprint density at radius 3 is 2.57 bits per heavy atom. The van der Waals surface area contributed by atoms with Gasteiger partial charge in [0, 0.05) is 31.8 Å². The number of rotatable bonds is 5. The SMILES string of the molecule is O=C(O)C(Cc1ccncc1)N1CC(S(=O)(=O)F)CC1=O. The average molecular weight is 316 g/mol. The van der Waals surface area contributed by atoms with E-state index >= 15 is 0 Å². The van der Waals surface area contributed by atoms with Crippen molar-refractivity contribution < 1.29 is 27.0 Å². The van der Waals surface area contributed by atoms with E-state index in [1.54, 1.807) is 12.1 Å². The van der Waals surface area contributed by atoms with E-state index in [9.17, 15) is 27.0 Å². The molecule has 1 aliphatic heterocycles. The molecule has 2 atom stereocenters. The molecule has 0 radical (unpaired) electrons. The maximum absolute atomic E-state index is 13.0. The zero-order chi connectivity index (χ0) is 15.6. The van der Waals surface area contributed by atoms with Gasteiger partial charge in [-0.3, -0.25) is 9.78 Å². The molecule has 21 heavy (non-hydrogen) atoms. The minimum absolute atomic E-state index is 0.00263. The average Bonchev–Trinajstić information content (AvgIpc) is 2.79. The Kier molecular flexibility index (Phi) is 4.21. The molecular weight excluding hydrogens is 303 g/mol. The van der Waals surface area contributed by atoms with E-state index in [-0.39, 0.29) is 6.42 Å². The highest BCUT2D eigenvalue weighted by Crippen LogP contribution is 2.23. The Bertz CT molecular complexity index is 649. The fourth-order valence-electron chi connectivity index (χ4n) is 2.26. The maximum Gasteiger partial charge on any atom is 0.326 e. The van der Waals surface area contributed by atoms with Crippen LogP contribution in [0.5, 0.6) is 0 Å². The molecule has 1 aromatic rings. The van der Waals surface area contributed by atoms with E-state index < -0.39 is 46.4 Å². The van der Waals surface area contributed by atoms with Gasteiger partial charge in [0.25, 0.3) is 0 Å². The second-order valence-electron chi connectivity index (χ2n) is 4.76. The number of likely N-dealkylation sites (tertiary alicyclic amines) is 1. The first-order chi connectivity index (χ1) is 9.79. The van der Waals surface area contributed by atoms with Crippen LogP contribution in [0.15, 0.2) is 24.5 Å². The van der Waals surface area contributed by atoms with Crippen LogP contribution in [0.25, 0.3) is 0 Å². The lowest BCUT2D eigenvalue weighted by atomic mass is 10.1. The third-order valence-electron chi connectivity index (χ3n) is 3.36. The van der Waals surface area contributed by atoms with Crippen LogP contribution in [0, 0.1) is 0 Å². The molecule has 1 aliphatic rings. The van der Waals surface area contributed by atoms with Crippen molar-refractivity contribution in [3.05, 3.63) is 30.1 Å². The molecule has 2 heterocycles. The molecule has 0 spiro atoms. The van der Waals surface area contributed by atoms with Crippen molar-refractivity contribution in [3.63, 3.8) is 0 Å². The zero-order valence-electron chi connectivity index (χ0n) is 10.8. The largest absolute Gasteiger partial charge is 0.480 e. The molecule has 0 saturated carbocycles. The molecule has 2 rings (SSSR count). The lowest BCUT2D eigenvalue weighted by Crippen LogP contribution is -2.44. The number of carbonyl (C=O) groups is 2. The topological polar surface area (TPSA) is 105 Å². The van der Waals surface area contributed by atoms with Gasteiger partial charge >= 0.3 is 16.2 Å². The molecule has 0 aliphatic carbocycles. The smallest absolute Gasteiger partial charge is 0.326 e. The molecule has 1 amide bonds. The molecule has 2 unspecified atom stereocenters. The number of halogens is 1. The number of hydrogen-bond donors (Lipinski definition) is 1. The molecule has 9 heteroatoms. The zero-order valence-corrected chi connectivity index (χ0v) is 11.7. The van der Waals surface area contributed by atoms with Gasteiger partial charge in [-0.05, 0) is 17.7 Å². The van der Waals surface area contributed by atoms with Crippen LogP contribution in [0.4, 0.5) is 3.89 Å². The summed E-state index contributed by atoms with van der Waals surface area (Å²) in [5.41, 5.74) is 0.636. The predicted molar refractivity (Wildman–Crippen MR) is 69.5 cm³/mol. The lowest BCUT2D eigenvalue weighted by molar-refractivity contribution is -0.148. The number of amides is 1. The van der Waals surface area contributed by atoms with Gasteiger partial charge in [-0.1, -0.05) is 0 Å². The Hall–Kier alpha value is -2.03. The van der Waals surface area contributed by atoms with Gasteiger partial charge in [0.2, 0.25) is 5.91 Å². The molecule has 0 bridgehead atoms. The van der Waals surface area contributed by atoms with Gasteiger partial charge in [0.05, 0.1) is 0 Å². The summed E-state index contributed by atoms with van der Waals surface area (Å²) in [4.78, 5) is 27.8. The summed E-state index contributed by atoms with van der Waals surface area (Å²) in [5.74, 6) is -1.94. The van der Waals surface area contributed by atoms with Gasteiger partial charge < -0.3 is 10.0 Å². The van der Waals surface area contributed by atoms with E-state index in [4.69, 9.17) is 0 Å². The van der Waals surface area contributed by atoms with Crippen LogP contribution < -0.4 is 0 Å². The molecule has 1 saturated heterocycles. The van der Waals surface area contributed by atoms with Crippen LogP contribution in [-0.2, 0) is 26.2 Å². The summed E-state index contributed by atoms with van der Waals surface area (Å²) in [6.45, 7) is -0.445. The minimum Gasteiger partial charge on any atom is -0.480 e. The second-order valence-corrected chi connectivity index (χ2v) is 6.38. The van der Waals surface area contributed by atoms with Crippen molar-refractivity contribution in [1.82, 2.24) is 9.88 Å². The van der Waals surface area contributed by atoms with Crippen molar-refractivity contribution in [2.24, 2.45) is 0 Å². The van der Waals surface area contributed by atoms with Crippen molar-refractivity contribution in [1.29, 1.82) is 0 Å². The van der Waals surface area contributed by atoms with Crippen LogP contribution >= 0.6 is 0 Å². The highest BCUT2D eigenvalue weighted by molar-refractivity contribution is 7.87. The van der Waals surface area contributed by atoms with E-state index in [2.05, 4.69) is 4.98 Å². The molecule has 7 nitrogen and oxygen atoms in total. The summed E-state index contributed by atoms with van der Waals surface area (Å²) in [6.07, 6.45) is 2.44. The number of carboxylic acids is 1. The van der Waals surface area contributed by atoms with Crippen molar-refractivity contribution in [2.75, 3.05) is 6.54 Å². The van der Waals surface area contributed by atoms with Crippen LogP contribution in [0.2, 0.25) is 0 Å². The van der Waals surface area contributed by atoms with Crippen molar-refractivity contribution >= 4 is 22.1 Å². The first kappa shape index (κ1) is 15.4. The maximum atomic E-state index is 13.0. The fourth-order valence-corrected chi connectivity index (χ4v) is 2.94. The summed E-state index contributed by atoms with van der Waals surface area (Å²) >= 11 is 0. The quantitative estimate of drug-likeness (QED) is 0.765.